The number of nitrogens with zero attached hydrogens (tertiary/aromatic N) is 1. The lowest BCUT2D eigenvalue weighted by molar-refractivity contribution is 0.0721. The zero-order chi connectivity index (χ0) is 17.1. The highest BCUT2D eigenvalue weighted by Gasteiger charge is 2.18. The summed E-state index contributed by atoms with van der Waals surface area (Å²) in [4.78, 5) is 13.9. The standard InChI is InChI=1S/C18H25NO4/c1-11-5-6-16-15(7-17(22)23-18(16)14(11)4)9-19(8-13(3)21)12(2)10-20/h5-7,12-13,20-21H,8-10H2,1-4H3. The first kappa shape index (κ1) is 17.7. The molecule has 0 aliphatic rings. The lowest BCUT2D eigenvalue weighted by Crippen LogP contribution is -2.39. The molecule has 5 heteroatoms. The molecular weight excluding hydrogens is 294 g/mol. The van der Waals surface area contributed by atoms with E-state index in [-0.39, 0.29) is 18.3 Å². The third-order valence-electron chi connectivity index (χ3n) is 4.28. The number of rotatable bonds is 6. The number of benzene rings is 1. The second-order valence-electron chi connectivity index (χ2n) is 6.28. The van der Waals surface area contributed by atoms with Gasteiger partial charge in [0.1, 0.15) is 5.58 Å². The van der Waals surface area contributed by atoms with Crippen LogP contribution < -0.4 is 5.63 Å². The fraction of sp³-hybridized carbons (Fsp3) is 0.500. The van der Waals surface area contributed by atoms with Gasteiger partial charge in [-0.25, -0.2) is 4.79 Å². The highest BCUT2D eigenvalue weighted by molar-refractivity contribution is 5.83. The Morgan fingerprint density at radius 2 is 1.96 bits per heavy atom. The molecule has 5 nitrogen and oxygen atoms in total. The lowest BCUT2D eigenvalue weighted by Gasteiger charge is -2.29. The van der Waals surface area contributed by atoms with Crippen LogP contribution in [0.5, 0.6) is 0 Å². The van der Waals surface area contributed by atoms with Gasteiger partial charge < -0.3 is 14.6 Å². The van der Waals surface area contributed by atoms with Crippen molar-refractivity contribution in [2.75, 3.05) is 13.2 Å². The molecule has 2 atom stereocenters. The SMILES string of the molecule is Cc1ccc2c(CN(CC(C)O)C(C)CO)cc(=O)oc2c1C. The van der Waals surface area contributed by atoms with E-state index < -0.39 is 6.10 Å². The summed E-state index contributed by atoms with van der Waals surface area (Å²) in [6.45, 7) is 8.41. The Balaban J connectivity index is 2.49. The predicted molar refractivity (Wildman–Crippen MR) is 90.6 cm³/mol. The van der Waals surface area contributed by atoms with Crippen molar-refractivity contribution in [3.8, 4) is 0 Å². The van der Waals surface area contributed by atoms with E-state index in [4.69, 9.17) is 4.42 Å². The summed E-state index contributed by atoms with van der Waals surface area (Å²) < 4.78 is 5.39. The van der Waals surface area contributed by atoms with Crippen molar-refractivity contribution in [2.24, 2.45) is 0 Å². The highest BCUT2D eigenvalue weighted by Crippen LogP contribution is 2.24. The summed E-state index contributed by atoms with van der Waals surface area (Å²) >= 11 is 0. The lowest BCUT2D eigenvalue weighted by atomic mass is 10.0. The number of aliphatic hydroxyl groups is 2. The zero-order valence-electron chi connectivity index (χ0n) is 14.2. The minimum Gasteiger partial charge on any atom is -0.422 e. The van der Waals surface area contributed by atoms with Gasteiger partial charge >= 0.3 is 5.63 Å². The topological polar surface area (TPSA) is 73.9 Å². The van der Waals surface area contributed by atoms with Crippen LogP contribution in [0.15, 0.2) is 27.4 Å². The van der Waals surface area contributed by atoms with E-state index >= 15 is 0 Å². The van der Waals surface area contributed by atoms with Gasteiger partial charge in [0.25, 0.3) is 0 Å². The van der Waals surface area contributed by atoms with Crippen LogP contribution in [0.1, 0.15) is 30.5 Å². The van der Waals surface area contributed by atoms with Crippen LogP contribution in [0.2, 0.25) is 0 Å². The van der Waals surface area contributed by atoms with Crippen LogP contribution in [0, 0.1) is 13.8 Å². The molecule has 2 unspecified atom stereocenters. The van der Waals surface area contributed by atoms with Gasteiger partial charge in [-0.3, -0.25) is 4.90 Å². The number of fused-ring (bicyclic) bond motifs is 1. The summed E-state index contributed by atoms with van der Waals surface area (Å²) in [5, 5.41) is 20.0. The van der Waals surface area contributed by atoms with Crippen molar-refractivity contribution in [3.05, 3.63) is 45.3 Å². The minimum absolute atomic E-state index is 0.00969. The van der Waals surface area contributed by atoms with Gasteiger partial charge in [0, 0.05) is 30.6 Å². The molecular formula is C18H25NO4. The van der Waals surface area contributed by atoms with Crippen LogP contribution in [0.3, 0.4) is 0 Å². The molecule has 0 aliphatic carbocycles. The van der Waals surface area contributed by atoms with E-state index in [1.807, 2.05) is 37.8 Å². The second-order valence-corrected chi connectivity index (χ2v) is 6.28. The molecule has 0 radical (unpaired) electrons. The first-order chi connectivity index (χ1) is 10.8. The first-order valence-electron chi connectivity index (χ1n) is 7.89. The molecule has 1 heterocycles. The van der Waals surface area contributed by atoms with Crippen LogP contribution in [-0.4, -0.2) is 40.4 Å². The van der Waals surface area contributed by atoms with Gasteiger partial charge in [-0.15, -0.1) is 0 Å². The largest absolute Gasteiger partial charge is 0.422 e. The van der Waals surface area contributed by atoms with E-state index in [2.05, 4.69) is 0 Å². The summed E-state index contributed by atoms with van der Waals surface area (Å²) in [5.41, 5.74) is 3.11. The van der Waals surface area contributed by atoms with E-state index in [1.54, 1.807) is 6.92 Å². The van der Waals surface area contributed by atoms with Crippen LogP contribution >= 0.6 is 0 Å². The van der Waals surface area contributed by atoms with Crippen molar-refractivity contribution in [1.29, 1.82) is 0 Å². The highest BCUT2D eigenvalue weighted by atomic mass is 16.4. The summed E-state index contributed by atoms with van der Waals surface area (Å²) in [5.74, 6) is 0. The van der Waals surface area contributed by atoms with Crippen molar-refractivity contribution in [2.45, 2.75) is 46.4 Å². The minimum atomic E-state index is -0.514. The third-order valence-corrected chi connectivity index (χ3v) is 4.28. The molecule has 2 N–H and O–H groups in total. The Labute approximate surface area is 136 Å². The smallest absolute Gasteiger partial charge is 0.336 e. The Morgan fingerprint density at radius 1 is 1.26 bits per heavy atom. The number of hydrogen-bond donors (Lipinski definition) is 2. The molecule has 2 rings (SSSR count). The first-order valence-corrected chi connectivity index (χ1v) is 7.89. The summed E-state index contributed by atoms with van der Waals surface area (Å²) in [6.07, 6.45) is -0.514. The number of aliphatic hydroxyl groups excluding tert-OH is 2. The van der Waals surface area contributed by atoms with Crippen molar-refractivity contribution in [1.82, 2.24) is 4.90 Å². The normalized spacial score (nSPS) is 14.4. The van der Waals surface area contributed by atoms with Crippen LogP contribution in [0.25, 0.3) is 11.0 Å². The Bertz CT molecular complexity index is 736. The van der Waals surface area contributed by atoms with E-state index in [0.717, 1.165) is 22.1 Å². The molecule has 2 aromatic rings. The molecule has 0 amide bonds. The molecule has 0 fully saturated rings. The van der Waals surface area contributed by atoms with Gasteiger partial charge in [-0.05, 0) is 44.4 Å². The summed E-state index contributed by atoms with van der Waals surface area (Å²) in [6, 6.07) is 5.35. The van der Waals surface area contributed by atoms with Gasteiger partial charge in [0.2, 0.25) is 0 Å². The average Bonchev–Trinajstić information content (AvgIpc) is 2.49. The predicted octanol–water partition coefficient (Wildman–Crippen LogP) is 1.97. The van der Waals surface area contributed by atoms with Crippen molar-refractivity contribution in [3.63, 3.8) is 0 Å². The van der Waals surface area contributed by atoms with Crippen molar-refractivity contribution < 1.29 is 14.6 Å². The molecule has 23 heavy (non-hydrogen) atoms. The van der Waals surface area contributed by atoms with E-state index in [9.17, 15) is 15.0 Å². The van der Waals surface area contributed by atoms with Crippen LogP contribution in [-0.2, 0) is 6.54 Å². The zero-order valence-corrected chi connectivity index (χ0v) is 14.2. The van der Waals surface area contributed by atoms with Gasteiger partial charge in [-0.1, -0.05) is 12.1 Å². The molecule has 0 aliphatic heterocycles. The fourth-order valence-electron chi connectivity index (χ4n) is 2.73. The van der Waals surface area contributed by atoms with Crippen LogP contribution in [0.4, 0.5) is 0 Å². The maximum atomic E-state index is 11.9. The average molecular weight is 319 g/mol. The fourth-order valence-corrected chi connectivity index (χ4v) is 2.73. The molecule has 0 spiro atoms. The number of hydrogen-bond acceptors (Lipinski definition) is 5. The van der Waals surface area contributed by atoms with Gasteiger partial charge in [0.15, 0.2) is 0 Å². The second kappa shape index (κ2) is 7.25. The molecule has 126 valence electrons. The molecule has 0 saturated carbocycles. The Kier molecular flexibility index (Phi) is 5.57. The van der Waals surface area contributed by atoms with Gasteiger partial charge in [-0.2, -0.15) is 0 Å². The Morgan fingerprint density at radius 3 is 2.57 bits per heavy atom. The quantitative estimate of drug-likeness (QED) is 0.796. The monoisotopic (exact) mass is 319 g/mol. The van der Waals surface area contributed by atoms with Crippen molar-refractivity contribution >= 4 is 11.0 Å². The molecule has 0 bridgehead atoms. The molecule has 0 saturated heterocycles. The maximum absolute atomic E-state index is 11.9. The Hall–Kier alpha value is -1.69. The van der Waals surface area contributed by atoms with E-state index in [0.29, 0.717) is 18.7 Å². The molecule has 1 aromatic carbocycles. The maximum Gasteiger partial charge on any atom is 0.336 e. The van der Waals surface area contributed by atoms with Gasteiger partial charge in [0.05, 0.1) is 12.7 Å². The third kappa shape index (κ3) is 3.99. The van der Waals surface area contributed by atoms with E-state index in [1.165, 1.54) is 6.07 Å². The molecule has 1 aromatic heterocycles. The number of aryl methyl sites for hydroxylation is 2. The summed E-state index contributed by atoms with van der Waals surface area (Å²) in [7, 11) is 0.